The molecular weight excluding hydrogens is 236 g/mol. The molecule has 0 aromatic heterocycles. The van der Waals surface area contributed by atoms with Crippen molar-refractivity contribution in [1.82, 2.24) is 10.2 Å². The molecule has 112 valence electrons. The SMILES string of the molecule is CCOC1CCN(C2CC(C)(C)CCC2NC)CC1. The number of likely N-dealkylation sites (N-methyl/N-ethyl adjacent to an activating group) is 1. The molecule has 2 fully saturated rings. The van der Waals surface area contributed by atoms with Crippen molar-refractivity contribution < 1.29 is 4.74 Å². The van der Waals surface area contributed by atoms with E-state index in [-0.39, 0.29) is 0 Å². The summed E-state index contributed by atoms with van der Waals surface area (Å²) < 4.78 is 5.77. The van der Waals surface area contributed by atoms with Gasteiger partial charge in [0.25, 0.3) is 0 Å². The van der Waals surface area contributed by atoms with Gasteiger partial charge in [-0.3, -0.25) is 4.90 Å². The van der Waals surface area contributed by atoms with E-state index in [0.717, 1.165) is 12.6 Å². The summed E-state index contributed by atoms with van der Waals surface area (Å²) in [5.41, 5.74) is 0.509. The molecule has 1 aliphatic carbocycles. The van der Waals surface area contributed by atoms with Crippen LogP contribution in [-0.2, 0) is 4.74 Å². The molecule has 3 heteroatoms. The zero-order chi connectivity index (χ0) is 13.9. The van der Waals surface area contributed by atoms with Crippen LogP contribution in [0.2, 0.25) is 0 Å². The molecule has 1 saturated carbocycles. The predicted molar refractivity (Wildman–Crippen MR) is 80.5 cm³/mol. The van der Waals surface area contributed by atoms with Crippen LogP contribution < -0.4 is 5.32 Å². The van der Waals surface area contributed by atoms with Gasteiger partial charge in [-0.2, -0.15) is 0 Å². The molecule has 2 atom stereocenters. The molecule has 19 heavy (non-hydrogen) atoms. The molecule has 2 rings (SSSR count). The van der Waals surface area contributed by atoms with E-state index < -0.39 is 0 Å². The van der Waals surface area contributed by atoms with Crippen LogP contribution in [0.1, 0.15) is 52.9 Å². The van der Waals surface area contributed by atoms with Crippen LogP contribution in [-0.4, -0.2) is 49.8 Å². The van der Waals surface area contributed by atoms with E-state index in [1.54, 1.807) is 0 Å². The molecule has 0 radical (unpaired) electrons. The van der Waals surface area contributed by atoms with E-state index in [4.69, 9.17) is 4.74 Å². The van der Waals surface area contributed by atoms with Crippen LogP contribution in [0.5, 0.6) is 0 Å². The van der Waals surface area contributed by atoms with Crippen molar-refractivity contribution >= 4 is 0 Å². The third kappa shape index (κ3) is 3.93. The Kier molecular flexibility index (Phi) is 5.27. The minimum absolute atomic E-state index is 0.505. The first-order valence-electron chi connectivity index (χ1n) is 8.08. The summed E-state index contributed by atoms with van der Waals surface area (Å²) in [5.74, 6) is 0. The quantitative estimate of drug-likeness (QED) is 0.848. The van der Waals surface area contributed by atoms with E-state index in [1.165, 1.54) is 45.2 Å². The first kappa shape index (κ1) is 15.3. The molecule has 1 aliphatic heterocycles. The second-order valence-corrected chi connectivity index (χ2v) is 7.06. The lowest BCUT2D eigenvalue weighted by atomic mass is 9.72. The second kappa shape index (κ2) is 6.55. The molecule has 3 nitrogen and oxygen atoms in total. The second-order valence-electron chi connectivity index (χ2n) is 7.06. The first-order valence-corrected chi connectivity index (χ1v) is 8.08. The fraction of sp³-hybridized carbons (Fsp3) is 1.00. The minimum Gasteiger partial charge on any atom is -0.378 e. The number of hydrogen-bond donors (Lipinski definition) is 1. The predicted octanol–water partition coefficient (Wildman–Crippen LogP) is 2.65. The molecule has 1 N–H and O–H groups in total. The minimum atomic E-state index is 0.505. The van der Waals surface area contributed by atoms with Crippen molar-refractivity contribution in [3.8, 4) is 0 Å². The number of rotatable bonds is 4. The Morgan fingerprint density at radius 2 is 1.89 bits per heavy atom. The fourth-order valence-corrected chi connectivity index (χ4v) is 3.88. The lowest BCUT2D eigenvalue weighted by molar-refractivity contribution is -0.0154. The van der Waals surface area contributed by atoms with Crippen LogP contribution in [0.4, 0.5) is 0 Å². The summed E-state index contributed by atoms with van der Waals surface area (Å²) >= 11 is 0. The third-order valence-electron chi connectivity index (χ3n) is 5.08. The molecule has 0 spiro atoms. The Morgan fingerprint density at radius 1 is 1.21 bits per heavy atom. The monoisotopic (exact) mass is 268 g/mol. The van der Waals surface area contributed by atoms with Gasteiger partial charge in [0.1, 0.15) is 0 Å². The zero-order valence-corrected chi connectivity index (χ0v) is 13.2. The van der Waals surface area contributed by atoms with Crippen molar-refractivity contribution in [1.29, 1.82) is 0 Å². The maximum absolute atomic E-state index is 5.77. The molecule has 1 heterocycles. The summed E-state index contributed by atoms with van der Waals surface area (Å²) in [6.07, 6.45) is 6.93. The van der Waals surface area contributed by atoms with Crippen LogP contribution in [0.25, 0.3) is 0 Å². The third-order valence-corrected chi connectivity index (χ3v) is 5.08. The average Bonchev–Trinajstić information content (AvgIpc) is 2.39. The molecule has 2 unspecified atom stereocenters. The van der Waals surface area contributed by atoms with Crippen LogP contribution in [0.15, 0.2) is 0 Å². The van der Waals surface area contributed by atoms with Gasteiger partial charge < -0.3 is 10.1 Å². The van der Waals surface area contributed by atoms with Gasteiger partial charge in [-0.1, -0.05) is 13.8 Å². The van der Waals surface area contributed by atoms with E-state index >= 15 is 0 Å². The van der Waals surface area contributed by atoms with E-state index in [1.807, 2.05) is 0 Å². The van der Waals surface area contributed by atoms with Crippen molar-refractivity contribution in [3.63, 3.8) is 0 Å². The molecule has 0 aromatic rings. The van der Waals surface area contributed by atoms with Gasteiger partial charge in [-0.25, -0.2) is 0 Å². The average molecular weight is 268 g/mol. The van der Waals surface area contributed by atoms with Crippen molar-refractivity contribution in [2.75, 3.05) is 26.7 Å². The number of nitrogens with zero attached hydrogens (tertiary/aromatic N) is 1. The van der Waals surface area contributed by atoms with Gasteiger partial charge in [0.15, 0.2) is 0 Å². The summed E-state index contributed by atoms with van der Waals surface area (Å²) in [6, 6.07) is 1.40. The Balaban J connectivity index is 1.92. The lowest BCUT2D eigenvalue weighted by Crippen LogP contribution is -2.56. The molecule has 2 aliphatic rings. The normalized spacial score (nSPS) is 33.5. The number of ether oxygens (including phenoxy) is 1. The maximum Gasteiger partial charge on any atom is 0.0599 e. The Morgan fingerprint density at radius 3 is 2.47 bits per heavy atom. The largest absolute Gasteiger partial charge is 0.378 e. The number of hydrogen-bond acceptors (Lipinski definition) is 3. The lowest BCUT2D eigenvalue weighted by Gasteiger charge is -2.47. The van der Waals surface area contributed by atoms with Crippen molar-refractivity contribution in [2.24, 2.45) is 5.41 Å². The molecule has 0 aromatic carbocycles. The maximum atomic E-state index is 5.77. The van der Waals surface area contributed by atoms with E-state index in [9.17, 15) is 0 Å². The van der Waals surface area contributed by atoms with Gasteiger partial charge in [0.05, 0.1) is 6.10 Å². The smallest absolute Gasteiger partial charge is 0.0599 e. The number of piperidine rings is 1. The summed E-state index contributed by atoms with van der Waals surface area (Å²) in [7, 11) is 2.13. The summed E-state index contributed by atoms with van der Waals surface area (Å²) in [5, 5.41) is 3.55. The van der Waals surface area contributed by atoms with Gasteiger partial charge >= 0.3 is 0 Å². The highest BCUT2D eigenvalue weighted by Crippen LogP contribution is 2.38. The van der Waals surface area contributed by atoms with Gasteiger partial charge in [0.2, 0.25) is 0 Å². The molecular formula is C16H32N2O. The molecule has 1 saturated heterocycles. The van der Waals surface area contributed by atoms with Gasteiger partial charge in [0, 0.05) is 31.8 Å². The molecule has 0 bridgehead atoms. The highest BCUT2D eigenvalue weighted by molar-refractivity contribution is 4.95. The fourth-order valence-electron chi connectivity index (χ4n) is 3.88. The summed E-state index contributed by atoms with van der Waals surface area (Å²) in [4.78, 5) is 2.72. The zero-order valence-electron chi connectivity index (χ0n) is 13.2. The van der Waals surface area contributed by atoms with E-state index in [0.29, 0.717) is 17.6 Å². The van der Waals surface area contributed by atoms with Crippen molar-refractivity contribution in [3.05, 3.63) is 0 Å². The highest BCUT2D eigenvalue weighted by atomic mass is 16.5. The standard InChI is InChI=1S/C16H32N2O/c1-5-19-13-7-10-18(11-8-13)15-12-16(2,3)9-6-14(15)17-4/h13-15,17H,5-12H2,1-4H3. The Labute approximate surface area is 119 Å². The van der Waals surface area contributed by atoms with Crippen molar-refractivity contribution in [2.45, 2.75) is 71.1 Å². The van der Waals surface area contributed by atoms with Crippen LogP contribution >= 0.6 is 0 Å². The first-order chi connectivity index (χ1) is 9.05. The number of likely N-dealkylation sites (tertiary alicyclic amines) is 1. The molecule has 0 amide bonds. The summed E-state index contributed by atoms with van der Waals surface area (Å²) in [6.45, 7) is 10.2. The Hall–Kier alpha value is -0.120. The topological polar surface area (TPSA) is 24.5 Å². The van der Waals surface area contributed by atoms with Gasteiger partial charge in [-0.15, -0.1) is 0 Å². The van der Waals surface area contributed by atoms with E-state index in [2.05, 4.69) is 38.0 Å². The highest BCUT2D eigenvalue weighted by Gasteiger charge is 2.38. The number of nitrogens with one attached hydrogen (secondary N) is 1. The van der Waals surface area contributed by atoms with Crippen LogP contribution in [0, 0.1) is 5.41 Å². The van der Waals surface area contributed by atoms with Crippen LogP contribution in [0.3, 0.4) is 0 Å². The Bertz CT molecular complexity index is 272. The van der Waals surface area contributed by atoms with Gasteiger partial charge in [-0.05, 0) is 51.5 Å².